The van der Waals surface area contributed by atoms with Gasteiger partial charge in [-0.3, -0.25) is 14.9 Å². The average Bonchev–Trinajstić information content (AvgIpc) is 3.15. The minimum Gasteiger partial charge on any atom is -0.329 e. The van der Waals surface area contributed by atoms with Crippen molar-refractivity contribution in [3.8, 4) is 0 Å². The van der Waals surface area contributed by atoms with Gasteiger partial charge >= 0.3 is 0 Å². The first kappa shape index (κ1) is 13.9. The standard InChI is InChI=1S/C18H18N4O/c23-18(17-14-6-2-1-5-13(14)8-10-19-17)22-12-4-3-7-16(22)15-9-11-20-21-15/h1-2,5-6,8-11,16H,3-4,7,12H2,(H,20,21)/t16-/m1/s1. The van der Waals surface area contributed by atoms with E-state index in [1.54, 1.807) is 12.4 Å². The summed E-state index contributed by atoms with van der Waals surface area (Å²) >= 11 is 0. The second-order valence-corrected chi connectivity index (χ2v) is 5.90. The molecule has 1 N–H and O–H groups in total. The number of carbonyl (C=O) groups excluding carboxylic acids is 1. The molecule has 5 nitrogen and oxygen atoms in total. The first-order valence-corrected chi connectivity index (χ1v) is 7.98. The summed E-state index contributed by atoms with van der Waals surface area (Å²) < 4.78 is 0. The summed E-state index contributed by atoms with van der Waals surface area (Å²) in [5.41, 5.74) is 1.54. The van der Waals surface area contributed by atoms with Crippen LogP contribution in [0.15, 0.2) is 48.8 Å². The van der Waals surface area contributed by atoms with E-state index in [0.717, 1.165) is 42.3 Å². The number of pyridine rings is 1. The summed E-state index contributed by atoms with van der Waals surface area (Å²) in [6, 6.07) is 11.8. The summed E-state index contributed by atoms with van der Waals surface area (Å²) in [6.07, 6.45) is 6.56. The molecule has 0 aliphatic carbocycles. The highest BCUT2D eigenvalue weighted by Gasteiger charge is 2.30. The fourth-order valence-electron chi connectivity index (χ4n) is 3.38. The lowest BCUT2D eigenvalue weighted by Gasteiger charge is -2.35. The largest absolute Gasteiger partial charge is 0.329 e. The Labute approximate surface area is 134 Å². The molecule has 1 saturated heterocycles. The van der Waals surface area contributed by atoms with E-state index in [9.17, 15) is 4.79 Å². The predicted octanol–water partition coefficient (Wildman–Crippen LogP) is 3.33. The molecule has 1 amide bonds. The number of nitrogens with one attached hydrogen (secondary N) is 1. The fourth-order valence-corrected chi connectivity index (χ4v) is 3.38. The van der Waals surface area contributed by atoms with Gasteiger partial charge in [0, 0.05) is 24.3 Å². The van der Waals surface area contributed by atoms with E-state index in [4.69, 9.17) is 0 Å². The van der Waals surface area contributed by atoms with E-state index in [1.165, 1.54) is 0 Å². The van der Waals surface area contributed by atoms with Gasteiger partial charge in [-0.05, 0) is 36.8 Å². The van der Waals surface area contributed by atoms with Gasteiger partial charge in [0.2, 0.25) is 0 Å². The minimum atomic E-state index is 0.00102. The lowest BCUT2D eigenvalue weighted by Crippen LogP contribution is -2.39. The maximum atomic E-state index is 13.1. The second-order valence-electron chi connectivity index (χ2n) is 5.90. The van der Waals surface area contributed by atoms with E-state index in [2.05, 4.69) is 15.2 Å². The quantitative estimate of drug-likeness (QED) is 0.790. The van der Waals surface area contributed by atoms with Crippen molar-refractivity contribution in [1.82, 2.24) is 20.1 Å². The monoisotopic (exact) mass is 306 g/mol. The van der Waals surface area contributed by atoms with E-state index in [-0.39, 0.29) is 11.9 Å². The van der Waals surface area contributed by atoms with E-state index >= 15 is 0 Å². The predicted molar refractivity (Wildman–Crippen MR) is 88.0 cm³/mol. The number of aromatic amines is 1. The molecule has 23 heavy (non-hydrogen) atoms. The molecule has 4 rings (SSSR count). The van der Waals surface area contributed by atoms with Crippen molar-refractivity contribution in [2.24, 2.45) is 0 Å². The number of nitrogens with zero attached hydrogens (tertiary/aromatic N) is 3. The van der Waals surface area contributed by atoms with Crippen LogP contribution in [0.5, 0.6) is 0 Å². The van der Waals surface area contributed by atoms with Crippen LogP contribution in [0, 0.1) is 0 Å². The molecule has 1 aliphatic heterocycles. The Balaban J connectivity index is 1.74. The van der Waals surface area contributed by atoms with Gasteiger partial charge < -0.3 is 4.90 Å². The van der Waals surface area contributed by atoms with Gasteiger partial charge in [0.25, 0.3) is 5.91 Å². The number of H-pyrrole nitrogens is 1. The number of likely N-dealkylation sites (tertiary alicyclic amines) is 1. The molecule has 1 atom stereocenters. The lowest BCUT2D eigenvalue weighted by atomic mass is 9.98. The molecule has 3 aromatic rings. The summed E-state index contributed by atoms with van der Waals surface area (Å²) in [6.45, 7) is 0.757. The topological polar surface area (TPSA) is 61.9 Å². The van der Waals surface area contributed by atoms with Crippen molar-refractivity contribution in [3.63, 3.8) is 0 Å². The number of carbonyl (C=O) groups is 1. The highest BCUT2D eigenvalue weighted by atomic mass is 16.2. The van der Waals surface area contributed by atoms with Crippen molar-refractivity contribution in [1.29, 1.82) is 0 Å². The number of fused-ring (bicyclic) bond motifs is 1. The van der Waals surface area contributed by atoms with Crippen LogP contribution >= 0.6 is 0 Å². The fraction of sp³-hybridized carbons (Fsp3) is 0.278. The SMILES string of the molecule is O=C(c1nccc2ccccc12)N1CCCC[C@@H]1c1ccn[nH]1. The molecule has 1 fully saturated rings. The zero-order valence-corrected chi connectivity index (χ0v) is 12.8. The highest BCUT2D eigenvalue weighted by Crippen LogP contribution is 2.31. The van der Waals surface area contributed by atoms with Gasteiger partial charge in [0.05, 0.1) is 11.7 Å². The minimum absolute atomic E-state index is 0.00102. The number of aromatic nitrogens is 3. The molecule has 0 spiro atoms. The van der Waals surface area contributed by atoms with Crippen molar-refractivity contribution in [2.75, 3.05) is 6.54 Å². The molecule has 3 heterocycles. The highest BCUT2D eigenvalue weighted by molar-refractivity contribution is 6.05. The number of benzene rings is 1. The molecule has 0 radical (unpaired) electrons. The first-order chi connectivity index (χ1) is 11.3. The molecule has 1 aliphatic rings. The molecule has 5 heteroatoms. The van der Waals surface area contributed by atoms with Crippen LogP contribution in [0.25, 0.3) is 10.8 Å². The number of hydrogen-bond donors (Lipinski definition) is 1. The van der Waals surface area contributed by atoms with Crippen LogP contribution in [0.1, 0.15) is 41.5 Å². The molecular weight excluding hydrogens is 288 g/mol. The van der Waals surface area contributed by atoms with Crippen molar-refractivity contribution in [2.45, 2.75) is 25.3 Å². The molecule has 0 unspecified atom stereocenters. The smallest absolute Gasteiger partial charge is 0.273 e. The lowest BCUT2D eigenvalue weighted by molar-refractivity contribution is 0.0602. The summed E-state index contributed by atoms with van der Waals surface area (Å²) in [5.74, 6) is 0.00102. The van der Waals surface area contributed by atoms with Gasteiger partial charge in [-0.2, -0.15) is 5.10 Å². The Morgan fingerprint density at radius 1 is 1.13 bits per heavy atom. The van der Waals surface area contributed by atoms with Crippen LogP contribution in [-0.4, -0.2) is 32.5 Å². The molecule has 2 aromatic heterocycles. The third kappa shape index (κ3) is 2.48. The normalized spacial score (nSPS) is 18.3. The van der Waals surface area contributed by atoms with Crippen LogP contribution in [-0.2, 0) is 0 Å². The Bertz CT molecular complexity index is 823. The van der Waals surface area contributed by atoms with Crippen molar-refractivity contribution >= 4 is 16.7 Å². The zero-order valence-electron chi connectivity index (χ0n) is 12.8. The van der Waals surface area contributed by atoms with Crippen LogP contribution in [0.4, 0.5) is 0 Å². The number of piperidine rings is 1. The molecule has 116 valence electrons. The Morgan fingerprint density at radius 2 is 2.04 bits per heavy atom. The summed E-state index contributed by atoms with van der Waals surface area (Å²) in [5, 5.41) is 9.00. The van der Waals surface area contributed by atoms with Gasteiger partial charge in [-0.25, -0.2) is 0 Å². The Kier molecular flexibility index (Phi) is 3.54. The van der Waals surface area contributed by atoms with E-state index < -0.39 is 0 Å². The second kappa shape index (κ2) is 5.83. The van der Waals surface area contributed by atoms with E-state index in [0.29, 0.717) is 5.69 Å². The maximum absolute atomic E-state index is 13.1. The third-order valence-corrected chi connectivity index (χ3v) is 4.52. The van der Waals surface area contributed by atoms with Crippen LogP contribution in [0.3, 0.4) is 0 Å². The van der Waals surface area contributed by atoms with Crippen LogP contribution in [0.2, 0.25) is 0 Å². The zero-order chi connectivity index (χ0) is 15.6. The molecular formula is C18H18N4O. The average molecular weight is 306 g/mol. The van der Waals surface area contributed by atoms with Crippen molar-refractivity contribution < 1.29 is 4.79 Å². The third-order valence-electron chi connectivity index (χ3n) is 4.52. The summed E-state index contributed by atoms with van der Waals surface area (Å²) in [7, 11) is 0. The molecule has 1 aromatic carbocycles. The van der Waals surface area contributed by atoms with Crippen LogP contribution < -0.4 is 0 Å². The molecule has 0 saturated carbocycles. The summed E-state index contributed by atoms with van der Waals surface area (Å²) in [4.78, 5) is 19.5. The van der Waals surface area contributed by atoms with E-state index in [1.807, 2.05) is 41.3 Å². The molecule has 0 bridgehead atoms. The first-order valence-electron chi connectivity index (χ1n) is 7.98. The van der Waals surface area contributed by atoms with Gasteiger partial charge in [0.1, 0.15) is 5.69 Å². The maximum Gasteiger partial charge on any atom is 0.273 e. The van der Waals surface area contributed by atoms with Gasteiger partial charge in [-0.1, -0.05) is 24.3 Å². The Hall–Kier alpha value is -2.69. The van der Waals surface area contributed by atoms with Crippen molar-refractivity contribution in [3.05, 3.63) is 60.2 Å². The number of rotatable bonds is 2. The number of amides is 1. The number of hydrogen-bond acceptors (Lipinski definition) is 3. The van der Waals surface area contributed by atoms with Gasteiger partial charge in [0.15, 0.2) is 0 Å². The van der Waals surface area contributed by atoms with Gasteiger partial charge in [-0.15, -0.1) is 0 Å². The Morgan fingerprint density at radius 3 is 2.91 bits per heavy atom.